The zero-order chi connectivity index (χ0) is 19.4. The lowest BCUT2D eigenvalue weighted by Crippen LogP contribution is -3.13. The molecule has 0 unspecified atom stereocenters. The molecule has 2 N–H and O–H groups in total. The minimum atomic E-state index is -0.296. The number of fused-ring (bicyclic) bond motifs is 1. The summed E-state index contributed by atoms with van der Waals surface area (Å²) in [6, 6.07) is 0. The van der Waals surface area contributed by atoms with E-state index in [1.807, 2.05) is 6.92 Å². The maximum atomic E-state index is 12.6. The van der Waals surface area contributed by atoms with Gasteiger partial charge >= 0.3 is 5.97 Å². The highest BCUT2D eigenvalue weighted by Gasteiger charge is 2.29. The van der Waals surface area contributed by atoms with Crippen molar-refractivity contribution >= 4 is 28.2 Å². The van der Waals surface area contributed by atoms with Crippen LogP contribution in [0.25, 0.3) is 0 Å². The van der Waals surface area contributed by atoms with Gasteiger partial charge in [0.05, 0.1) is 38.2 Å². The lowest BCUT2D eigenvalue weighted by molar-refractivity contribution is -0.905. The molecule has 0 spiro atoms. The van der Waals surface area contributed by atoms with Crippen LogP contribution in [-0.2, 0) is 22.4 Å². The molecule has 1 amide bonds. The van der Waals surface area contributed by atoms with Gasteiger partial charge in [-0.15, -0.1) is 11.3 Å². The minimum Gasteiger partial charge on any atom is -0.462 e. The maximum Gasteiger partial charge on any atom is 0.341 e. The van der Waals surface area contributed by atoms with Crippen molar-refractivity contribution in [3.63, 3.8) is 0 Å². The van der Waals surface area contributed by atoms with Crippen molar-refractivity contribution in [2.24, 2.45) is 11.8 Å². The van der Waals surface area contributed by atoms with Crippen molar-refractivity contribution in [1.82, 2.24) is 0 Å². The van der Waals surface area contributed by atoms with E-state index in [2.05, 4.69) is 19.2 Å². The van der Waals surface area contributed by atoms with Gasteiger partial charge in [0.15, 0.2) is 0 Å². The topological polar surface area (TPSA) is 59.8 Å². The molecule has 1 atom stereocenters. The molecular weight excluding hydrogens is 360 g/mol. The third-order valence-electron chi connectivity index (χ3n) is 5.93. The molecule has 0 saturated carbocycles. The van der Waals surface area contributed by atoms with E-state index in [0.29, 0.717) is 29.5 Å². The number of quaternary nitrogens is 1. The van der Waals surface area contributed by atoms with Crippen LogP contribution in [0.15, 0.2) is 0 Å². The molecule has 0 radical (unpaired) electrons. The SMILES string of the molecule is CCOC(=O)c1c(NC(=O)CC[NH+]2CCC(C)CC2)sc2c1CC[C@@H](C)C2. The molecule has 0 bridgehead atoms. The molecule has 150 valence electrons. The number of carbonyl (C=O) groups excluding carboxylic acids is 2. The fourth-order valence-corrected chi connectivity index (χ4v) is 5.57. The first kappa shape index (κ1) is 20.3. The van der Waals surface area contributed by atoms with Crippen LogP contribution < -0.4 is 10.2 Å². The molecule has 1 aromatic rings. The summed E-state index contributed by atoms with van der Waals surface area (Å²) in [5.74, 6) is 1.16. The Morgan fingerprint density at radius 2 is 1.93 bits per heavy atom. The lowest BCUT2D eigenvalue weighted by Gasteiger charge is -2.27. The summed E-state index contributed by atoms with van der Waals surface area (Å²) in [5, 5.41) is 3.73. The number of hydrogen-bond acceptors (Lipinski definition) is 4. The van der Waals surface area contributed by atoms with Crippen molar-refractivity contribution < 1.29 is 19.2 Å². The van der Waals surface area contributed by atoms with Crippen molar-refractivity contribution in [2.75, 3.05) is 31.6 Å². The van der Waals surface area contributed by atoms with Gasteiger partial charge in [-0.3, -0.25) is 4.79 Å². The highest BCUT2D eigenvalue weighted by atomic mass is 32.1. The summed E-state index contributed by atoms with van der Waals surface area (Å²) in [7, 11) is 0. The second-order valence-electron chi connectivity index (χ2n) is 8.26. The molecule has 1 aromatic heterocycles. The Balaban J connectivity index is 1.66. The van der Waals surface area contributed by atoms with E-state index in [9.17, 15) is 9.59 Å². The van der Waals surface area contributed by atoms with E-state index in [1.54, 1.807) is 11.3 Å². The zero-order valence-corrected chi connectivity index (χ0v) is 17.7. The molecule has 3 rings (SSSR count). The van der Waals surface area contributed by atoms with Crippen LogP contribution in [-0.4, -0.2) is 38.1 Å². The minimum absolute atomic E-state index is 0.0123. The molecule has 2 heterocycles. The van der Waals surface area contributed by atoms with E-state index in [1.165, 1.54) is 22.6 Å². The fraction of sp³-hybridized carbons (Fsp3) is 0.714. The number of carbonyl (C=O) groups is 2. The van der Waals surface area contributed by atoms with Gasteiger partial charge in [-0.1, -0.05) is 13.8 Å². The number of rotatable bonds is 6. The van der Waals surface area contributed by atoms with Crippen LogP contribution in [0.2, 0.25) is 0 Å². The van der Waals surface area contributed by atoms with Crippen LogP contribution in [0.3, 0.4) is 0 Å². The normalized spacial score (nSPS) is 24.9. The average molecular weight is 394 g/mol. The second-order valence-corrected chi connectivity index (χ2v) is 9.36. The molecule has 2 aliphatic rings. The molecular formula is C21H33N2O3S+. The van der Waals surface area contributed by atoms with Crippen LogP contribution in [0, 0.1) is 11.8 Å². The summed E-state index contributed by atoms with van der Waals surface area (Å²) < 4.78 is 5.28. The Morgan fingerprint density at radius 1 is 1.19 bits per heavy atom. The largest absolute Gasteiger partial charge is 0.462 e. The first-order valence-corrected chi connectivity index (χ1v) is 11.2. The van der Waals surface area contributed by atoms with Gasteiger partial charge in [-0.05, 0) is 56.4 Å². The van der Waals surface area contributed by atoms with Gasteiger partial charge in [0, 0.05) is 4.88 Å². The van der Waals surface area contributed by atoms with Crippen molar-refractivity contribution in [1.29, 1.82) is 0 Å². The van der Waals surface area contributed by atoms with Gasteiger partial charge in [-0.2, -0.15) is 0 Å². The van der Waals surface area contributed by atoms with Crippen molar-refractivity contribution in [3.05, 3.63) is 16.0 Å². The molecule has 1 fully saturated rings. The van der Waals surface area contributed by atoms with Gasteiger partial charge in [0.25, 0.3) is 0 Å². The number of esters is 1. The van der Waals surface area contributed by atoms with Gasteiger partial charge in [-0.25, -0.2) is 4.79 Å². The average Bonchev–Trinajstić information content (AvgIpc) is 2.98. The Morgan fingerprint density at radius 3 is 2.63 bits per heavy atom. The van der Waals surface area contributed by atoms with Crippen LogP contribution in [0.1, 0.15) is 67.3 Å². The molecule has 1 aliphatic carbocycles. The lowest BCUT2D eigenvalue weighted by atomic mass is 9.88. The molecule has 6 heteroatoms. The van der Waals surface area contributed by atoms with Crippen LogP contribution in [0.5, 0.6) is 0 Å². The first-order valence-electron chi connectivity index (χ1n) is 10.4. The van der Waals surface area contributed by atoms with Gasteiger partial charge in [0.1, 0.15) is 5.00 Å². The zero-order valence-electron chi connectivity index (χ0n) is 16.9. The Labute approximate surface area is 166 Å². The number of likely N-dealkylation sites (tertiary alicyclic amines) is 1. The summed E-state index contributed by atoms with van der Waals surface area (Å²) in [5.41, 5.74) is 1.71. The van der Waals surface area contributed by atoms with E-state index in [4.69, 9.17) is 4.74 Å². The third kappa shape index (κ3) is 5.11. The number of hydrogen-bond donors (Lipinski definition) is 2. The highest BCUT2D eigenvalue weighted by Crippen LogP contribution is 2.40. The van der Waals surface area contributed by atoms with E-state index in [-0.39, 0.29) is 11.9 Å². The van der Waals surface area contributed by atoms with Crippen molar-refractivity contribution in [2.45, 2.75) is 59.3 Å². The predicted molar refractivity (Wildman–Crippen MR) is 109 cm³/mol. The quantitative estimate of drug-likeness (QED) is 0.731. The number of nitrogens with one attached hydrogen (secondary N) is 2. The number of ether oxygens (including phenoxy) is 1. The van der Waals surface area contributed by atoms with E-state index < -0.39 is 0 Å². The Hall–Kier alpha value is -1.40. The number of amides is 1. The number of piperidine rings is 1. The molecule has 27 heavy (non-hydrogen) atoms. The van der Waals surface area contributed by atoms with Crippen LogP contribution >= 0.6 is 11.3 Å². The fourth-order valence-electron chi connectivity index (χ4n) is 4.16. The number of anilines is 1. The van der Waals surface area contributed by atoms with E-state index in [0.717, 1.165) is 50.4 Å². The summed E-state index contributed by atoms with van der Waals surface area (Å²) in [4.78, 5) is 27.8. The molecule has 1 aliphatic heterocycles. The van der Waals surface area contributed by atoms with Crippen molar-refractivity contribution in [3.8, 4) is 0 Å². The monoisotopic (exact) mass is 393 g/mol. The maximum absolute atomic E-state index is 12.6. The standard InChI is InChI=1S/C21H32N2O3S/c1-4-26-21(25)19-16-6-5-15(3)13-17(16)27-20(19)22-18(24)9-12-23-10-7-14(2)8-11-23/h14-15H,4-13H2,1-3H3,(H,22,24)/p+1/t15-/m1/s1. The summed E-state index contributed by atoms with van der Waals surface area (Å²) in [6.45, 7) is 9.91. The van der Waals surface area contributed by atoms with Gasteiger partial charge in [0.2, 0.25) is 5.91 Å². The molecule has 0 aromatic carbocycles. The first-order chi connectivity index (χ1) is 13.0. The summed E-state index contributed by atoms with van der Waals surface area (Å²) in [6.07, 6.45) is 5.97. The van der Waals surface area contributed by atoms with Gasteiger partial charge < -0.3 is 15.0 Å². The third-order valence-corrected chi connectivity index (χ3v) is 7.10. The predicted octanol–water partition coefficient (Wildman–Crippen LogP) is 2.69. The van der Waals surface area contributed by atoms with E-state index >= 15 is 0 Å². The Bertz CT molecular complexity index is 677. The second kappa shape index (κ2) is 9.20. The number of thiophene rings is 1. The Kier molecular flexibility index (Phi) is 6.93. The smallest absolute Gasteiger partial charge is 0.341 e. The molecule has 1 saturated heterocycles. The highest BCUT2D eigenvalue weighted by molar-refractivity contribution is 7.17. The summed E-state index contributed by atoms with van der Waals surface area (Å²) >= 11 is 1.57. The molecule has 5 nitrogen and oxygen atoms in total. The van der Waals surface area contributed by atoms with Crippen LogP contribution in [0.4, 0.5) is 5.00 Å².